The minimum atomic E-state index is -0.472. The fraction of sp³-hybridized carbons (Fsp3) is 0.750. The Bertz CT molecular complexity index is 803. The smallest absolute Gasteiger partial charge is 0.407 e. The molecule has 1 rings (SSSR count). The normalized spacial score (nSPS) is 11.1. The van der Waals surface area contributed by atoms with Gasteiger partial charge in [0.1, 0.15) is 13.2 Å². The first-order valence-corrected chi connectivity index (χ1v) is 16.0. The van der Waals surface area contributed by atoms with Gasteiger partial charge in [-0.1, -0.05) is 37.3 Å². The molecule has 0 fully saturated rings. The van der Waals surface area contributed by atoms with Crippen LogP contribution in [-0.2, 0) is 63.5 Å². The number of hydrogen-bond donors (Lipinski definition) is 1. The lowest BCUT2D eigenvalue weighted by atomic mass is 10.2. The molecule has 0 saturated heterocycles. The minimum absolute atomic E-state index is 0.192. The number of alkyl carbamates (subject to hydrolysis) is 1. The van der Waals surface area contributed by atoms with Crippen LogP contribution in [0, 0.1) is 0 Å². The second kappa shape index (κ2) is 33.9. The highest BCUT2D eigenvalue weighted by atomic mass is 16.6. The third-order valence-corrected chi connectivity index (χ3v) is 5.65. The lowest BCUT2D eigenvalue weighted by Crippen LogP contribution is -2.28. The van der Waals surface area contributed by atoms with E-state index in [1.165, 1.54) is 0 Å². The average molecular weight is 662 g/mol. The van der Waals surface area contributed by atoms with Crippen molar-refractivity contribution in [3.05, 3.63) is 35.9 Å². The number of ether oxygens (including phenoxy) is 11. The monoisotopic (exact) mass is 661 g/mol. The summed E-state index contributed by atoms with van der Waals surface area (Å²) in [5.41, 5.74) is 0.935. The van der Waals surface area contributed by atoms with Crippen molar-refractivity contribution in [3.63, 3.8) is 0 Å². The molecule has 0 unspecified atom stereocenters. The number of carbonyl (C=O) groups excluding carboxylic acids is 2. The summed E-state index contributed by atoms with van der Waals surface area (Å²) in [5.74, 6) is -0.192. The molecule has 0 aliphatic carbocycles. The van der Waals surface area contributed by atoms with Crippen molar-refractivity contribution in [3.8, 4) is 0 Å². The molecule has 0 bridgehead atoms. The molecule has 0 atom stereocenters. The number of esters is 1. The van der Waals surface area contributed by atoms with Gasteiger partial charge in [-0.2, -0.15) is 0 Å². The highest BCUT2D eigenvalue weighted by Crippen LogP contribution is 2.00. The van der Waals surface area contributed by atoms with Gasteiger partial charge in [-0.15, -0.1) is 0 Å². The Labute approximate surface area is 273 Å². The van der Waals surface area contributed by atoms with Crippen LogP contribution in [0.4, 0.5) is 4.79 Å². The predicted molar refractivity (Wildman–Crippen MR) is 168 cm³/mol. The van der Waals surface area contributed by atoms with Gasteiger partial charge in [0.05, 0.1) is 119 Å². The first-order chi connectivity index (χ1) is 22.7. The van der Waals surface area contributed by atoms with Crippen LogP contribution in [0.3, 0.4) is 0 Å². The molecule has 0 aliphatic rings. The van der Waals surface area contributed by atoms with Crippen molar-refractivity contribution in [2.75, 3.05) is 132 Å². The molecule has 0 spiro atoms. The number of benzene rings is 1. The van der Waals surface area contributed by atoms with Crippen molar-refractivity contribution in [1.82, 2.24) is 5.32 Å². The fourth-order valence-corrected chi connectivity index (χ4v) is 3.35. The van der Waals surface area contributed by atoms with Crippen LogP contribution in [0.25, 0.3) is 0 Å². The van der Waals surface area contributed by atoms with Gasteiger partial charge in [0.15, 0.2) is 0 Å². The van der Waals surface area contributed by atoms with Crippen molar-refractivity contribution < 1.29 is 61.7 Å². The Morgan fingerprint density at radius 1 is 0.500 bits per heavy atom. The van der Waals surface area contributed by atoms with Crippen LogP contribution >= 0.6 is 0 Å². The summed E-state index contributed by atoms with van der Waals surface area (Å²) < 4.78 is 59.0. The highest BCUT2D eigenvalue weighted by molar-refractivity contribution is 5.69. The van der Waals surface area contributed by atoms with Gasteiger partial charge in [-0.25, -0.2) is 4.79 Å². The van der Waals surface area contributed by atoms with Gasteiger partial charge in [0.2, 0.25) is 0 Å². The lowest BCUT2D eigenvalue weighted by Gasteiger charge is -2.09. The number of nitrogens with one attached hydrogen (secondary N) is 1. The summed E-state index contributed by atoms with van der Waals surface area (Å²) in [6.07, 6.45) is 0.748. The van der Waals surface area contributed by atoms with E-state index in [4.69, 9.17) is 52.1 Å². The van der Waals surface area contributed by atoms with E-state index >= 15 is 0 Å². The Morgan fingerprint density at radius 3 is 1.26 bits per heavy atom. The summed E-state index contributed by atoms with van der Waals surface area (Å²) in [4.78, 5) is 22.8. The summed E-state index contributed by atoms with van der Waals surface area (Å²) in [6, 6.07) is 9.49. The van der Waals surface area contributed by atoms with Crippen LogP contribution in [0.1, 0.15) is 25.3 Å². The zero-order valence-electron chi connectivity index (χ0n) is 27.5. The molecule has 14 nitrogen and oxygen atoms in total. The third kappa shape index (κ3) is 30.3. The number of hydrogen-bond acceptors (Lipinski definition) is 13. The van der Waals surface area contributed by atoms with Gasteiger partial charge in [-0.3, -0.25) is 4.79 Å². The minimum Gasteiger partial charge on any atom is -0.463 e. The van der Waals surface area contributed by atoms with E-state index in [-0.39, 0.29) is 19.2 Å². The molecule has 0 aliphatic heterocycles. The number of rotatable bonds is 34. The molecule has 0 aromatic heterocycles. The van der Waals surface area contributed by atoms with Crippen LogP contribution in [0.15, 0.2) is 30.3 Å². The molecule has 1 aromatic rings. The van der Waals surface area contributed by atoms with Gasteiger partial charge in [0, 0.05) is 13.0 Å². The van der Waals surface area contributed by atoms with Crippen LogP contribution < -0.4 is 5.32 Å². The zero-order chi connectivity index (χ0) is 33.0. The highest BCUT2D eigenvalue weighted by Gasteiger charge is 2.02. The zero-order valence-corrected chi connectivity index (χ0v) is 27.5. The van der Waals surface area contributed by atoms with Crippen molar-refractivity contribution in [1.29, 1.82) is 0 Å². The van der Waals surface area contributed by atoms with Crippen LogP contribution in [-0.4, -0.2) is 144 Å². The second-order valence-corrected chi connectivity index (χ2v) is 9.47. The first-order valence-electron chi connectivity index (χ1n) is 16.0. The Hall–Kier alpha value is -2.40. The average Bonchev–Trinajstić information content (AvgIpc) is 3.07. The van der Waals surface area contributed by atoms with Crippen LogP contribution in [0.2, 0.25) is 0 Å². The number of amides is 1. The molecule has 0 saturated carbocycles. The first kappa shape index (κ1) is 41.6. The largest absolute Gasteiger partial charge is 0.463 e. The van der Waals surface area contributed by atoms with Crippen LogP contribution in [0.5, 0.6) is 0 Å². The van der Waals surface area contributed by atoms with E-state index in [1.807, 2.05) is 37.3 Å². The van der Waals surface area contributed by atoms with Crippen molar-refractivity contribution in [2.45, 2.75) is 26.4 Å². The quantitative estimate of drug-likeness (QED) is 0.0853. The van der Waals surface area contributed by atoms with E-state index in [1.54, 1.807) is 0 Å². The Morgan fingerprint density at radius 2 is 0.870 bits per heavy atom. The molecule has 0 heterocycles. The molecule has 46 heavy (non-hydrogen) atoms. The van der Waals surface area contributed by atoms with Gasteiger partial charge >= 0.3 is 12.1 Å². The summed E-state index contributed by atoms with van der Waals surface area (Å²) in [6.45, 7) is 11.1. The van der Waals surface area contributed by atoms with E-state index < -0.39 is 6.09 Å². The lowest BCUT2D eigenvalue weighted by molar-refractivity contribution is -0.145. The van der Waals surface area contributed by atoms with E-state index in [0.29, 0.717) is 132 Å². The van der Waals surface area contributed by atoms with Gasteiger partial charge in [-0.05, 0) is 12.0 Å². The van der Waals surface area contributed by atoms with E-state index in [0.717, 1.165) is 12.0 Å². The van der Waals surface area contributed by atoms with Crippen molar-refractivity contribution in [2.24, 2.45) is 0 Å². The molecule has 1 N–H and O–H groups in total. The second-order valence-electron chi connectivity index (χ2n) is 9.47. The molecule has 14 heteroatoms. The molecule has 0 radical (unpaired) electrons. The number of carbonyl (C=O) groups is 2. The summed E-state index contributed by atoms with van der Waals surface area (Å²) >= 11 is 0. The van der Waals surface area contributed by atoms with E-state index in [9.17, 15) is 9.59 Å². The molecular weight excluding hydrogens is 606 g/mol. The van der Waals surface area contributed by atoms with E-state index in [2.05, 4.69) is 5.32 Å². The Kier molecular flexibility index (Phi) is 30.7. The molecule has 266 valence electrons. The fourth-order valence-electron chi connectivity index (χ4n) is 3.35. The molecule has 1 aromatic carbocycles. The maximum absolute atomic E-state index is 11.6. The van der Waals surface area contributed by atoms with Gasteiger partial charge < -0.3 is 57.4 Å². The molecular formula is C32H55NO13. The van der Waals surface area contributed by atoms with Crippen molar-refractivity contribution >= 4 is 12.1 Å². The third-order valence-electron chi connectivity index (χ3n) is 5.65. The van der Waals surface area contributed by atoms with Gasteiger partial charge in [0.25, 0.3) is 0 Å². The standard InChI is InChI=1S/C32H55NO13/c1-2-6-31(34)45-28-27-44-26-25-43-24-23-42-22-21-41-20-19-40-18-17-39-16-15-38-14-13-37-12-11-36-10-9-33-32(35)46-29-30-7-4-3-5-8-30/h3-5,7-8H,2,6,9-29H2,1H3,(H,33,35). The Balaban J connectivity index is 1.65. The summed E-state index contributed by atoms with van der Waals surface area (Å²) in [5, 5.41) is 2.64. The topological polar surface area (TPSA) is 148 Å². The predicted octanol–water partition coefficient (Wildman–Crippen LogP) is 2.41. The maximum atomic E-state index is 11.6. The SMILES string of the molecule is CCCC(=O)OCCOCCOCCOCCOCCOCCOCCOCCOCCOCCNC(=O)OCc1ccccc1. The molecule has 1 amide bonds. The summed E-state index contributed by atoms with van der Waals surface area (Å²) in [7, 11) is 0. The maximum Gasteiger partial charge on any atom is 0.407 e.